The third-order valence-corrected chi connectivity index (χ3v) is 5.76. The molecule has 0 amide bonds. The number of hydrogen-bond acceptors (Lipinski definition) is 1. The standard InChI is InChI=1S/C23H44N2/c1-4-6-7-8-9-10-11-12-13-14-15-16-17-18-23(22(3)5-2)25-20-19-24-21-25/h12-13,21-23H,4-11,14-20H2,1-3H3/p+1/b13-12-. The lowest BCUT2D eigenvalue weighted by atomic mass is 9.93. The smallest absolute Gasteiger partial charge is 0.232 e. The van der Waals surface area contributed by atoms with E-state index in [4.69, 9.17) is 0 Å². The van der Waals surface area contributed by atoms with Gasteiger partial charge in [-0.15, -0.1) is 0 Å². The Morgan fingerprint density at radius 1 is 0.920 bits per heavy atom. The molecule has 0 aromatic carbocycles. The largest absolute Gasteiger partial charge is 0.277 e. The number of allylic oxidation sites excluding steroid dienone is 2. The Balaban J connectivity index is 2.00. The quantitative estimate of drug-likeness (QED) is 0.196. The minimum absolute atomic E-state index is 0.739. The van der Waals surface area contributed by atoms with Gasteiger partial charge in [-0.25, -0.2) is 0 Å². The summed E-state index contributed by atoms with van der Waals surface area (Å²) in [4.78, 5) is 0. The summed E-state index contributed by atoms with van der Waals surface area (Å²) in [5.41, 5.74) is 0. The van der Waals surface area contributed by atoms with Crippen LogP contribution in [-0.4, -0.2) is 30.0 Å². The minimum atomic E-state index is 0.739. The summed E-state index contributed by atoms with van der Waals surface area (Å²) in [5, 5.41) is 3.37. The highest BCUT2D eigenvalue weighted by Gasteiger charge is 2.24. The van der Waals surface area contributed by atoms with Crippen molar-refractivity contribution >= 4 is 6.34 Å². The van der Waals surface area contributed by atoms with E-state index >= 15 is 0 Å². The van der Waals surface area contributed by atoms with Crippen molar-refractivity contribution < 1.29 is 4.58 Å². The Labute approximate surface area is 158 Å². The molecule has 2 heteroatoms. The molecule has 25 heavy (non-hydrogen) atoms. The summed E-state index contributed by atoms with van der Waals surface area (Å²) in [6.45, 7) is 9.35. The van der Waals surface area contributed by atoms with Gasteiger partial charge in [-0.1, -0.05) is 71.4 Å². The zero-order valence-corrected chi connectivity index (χ0v) is 17.4. The van der Waals surface area contributed by atoms with E-state index in [0.29, 0.717) is 0 Å². The van der Waals surface area contributed by atoms with Gasteiger partial charge in [0, 0.05) is 0 Å². The Morgan fingerprint density at radius 2 is 1.56 bits per heavy atom. The summed E-state index contributed by atoms with van der Waals surface area (Å²) >= 11 is 0. The third kappa shape index (κ3) is 10.7. The minimum Gasteiger partial charge on any atom is -0.277 e. The first kappa shape index (κ1) is 22.3. The van der Waals surface area contributed by atoms with Crippen molar-refractivity contribution in [2.75, 3.05) is 13.1 Å². The van der Waals surface area contributed by atoms with Gasteiger partial charge in [0.15, 0.2) is 0 Å². The lowest BCUT2D eigenvalue weighted by Crippen LogP contribution is -2.32. The molecule has 1 rings (SSSR count). The number of unbranched alkanes of at least 4 members (excludes halogenated alkanes) is 9. The summed E-state index contributed by atoms with van der Waals surface area (Å²) in [7, 11) is 0. The third-order valence-electron chi connectivity index (χ3n) is 5.76. The van der Waals surface area contributed by atoms with E-state index in [1.807, 2.05) is 0 Å². The van der Waals surface area contributed by atoms with Crippen molar-refractivity contribution in [3.63, 3.8) is 0 Å². The molecule has 0 saturated heterocycles. The zero-order chi connectivity index (χ0) is 18.2. The van der Waals surface area contributed by atoms with E-state index in [1.165, 1.54) is 90.0 Å². The van der Waals surface area contributed by atoms with Crippen molar-refractivity contribution in [3.8, 4) is 0 Å². The van der Waals surface area contributed by atoms with E-state index in [0.717, 1.165) is 18.5 Å². The molecule has 0 aliphatic carbocycles. The summed E-state index contributed by atoms with van der Waals surface area (Å²) < 4.78 is 2.55. The van der Waals surface area contributed by atoms with E-state index in [1.54, 1.807) is 0 Å². The Morgan fingerprint density at radius 3 is 2.16 bits per heavy atom. The maximum absolute atomic E-state index is 3.37. The molecule has 2 unspecified atom stereocenters. The maximum atomic E-state index is 3.37. The SMILES string of the molecule is CCCCCCCC/C=C\CCCCCC(C(C)CC)[N+]1=CNCC1. The molecule has 0 fully saturated rings. The highest BCUT2D eigenvalue weighted by atomic mass is 15.2. The molecule has 0 spiro atoms. The van der Waals surface area contributed by atoms with Gasteiger partial charge >= 0.3 is 0 Å². The predicted molar refractivity (Wildman–Crippen MR) is 113 cm³/mol. The van der Waals surface area contributed by atoms with Crippen LogP contribution in [0.25, 0.3) is 0 Å². The van der Waals surface area contributed by atoms with Crippen molar-refractivity contribution in [3.05, 3.63) is 12.2 Å². The van der Waals surface area contributed by atoms with E-state index in [9.17, 15) is 0 Å². The average Bonchev–Trinajstić information content (AvgIpc) is 3.16. The van der Waals surface area contributed by atoms with Crippen molar-refractivity contribution in [2.24, 2.45) is 5.92 Å². The van der Waals surface area contributed by atoms with Crippen LogP contribution in [0.1, 0.15) is 104 Å². The second-order valence-corrected chi connectivity index (χ2v) is 7.94. The van der Waals surface area contributed by atoms with Crippen LogP contribution in [-0.2, 0) is 0 Å². The molecule has 2 nitrogen and oxygen atoms in total. The molecule has 1 aliphatic rings. The number of nitrogens with one attached hydrogen (secondary N) is 1. The molecule has 0 aromatic heterocycles. The first-order chi connectivity index (χ1) is 12.3. The number of nitrogens with zero attached hydrogens (tertiary/aromatic N) is 1. The van der Waals surface area contributed by atoms with Crippen LogP contribution in [0.15, 0.2) is 12.2 Å². The molecular weight excluding hydrogens is 304 g/mol. The van der Waals surface area contributed by atoms with Gasteiger partial charge in [-0.3, -0.25) is 9.89 Å². The monoisotopic (exact) mass is 349 g/mol. The van der Waals surface area contributed by atoms with E-state index < -0.39 is 0 Å². The Kier molecular flexibility index (Phi) is 13.8. The van der Waals surface area contributed by atoms with Crippen LogP contribution >= 0.6 is 0 Å². The van der Waals surface area contributed by atoms with Gasteiger partial charge in [-0.05, 0) is 50.9 Å². The van der Waals surface area contributed by atoms with Gasteiger partial charge in [-0.2, -0.15) is 0 Å². The van der Waals surface area contributed by atoms with Crippen molar-refractivity contribution in [1.29, 1.82) is 0 Å². The molecule has 0 radical (unpaired) electrons. The van der Waals surface area contributed by atoms with Crippen LogP contribution in [0, 0.1) is 5.92 Å². The second-order valence-electron chi connectivity index (χ2n) is 7.94. The van der Waals surface area contributed by atoms with Crippen LogP contribution < -0.4 is 5.32 Å². The highest BCUT2D eigenvalue weighted by molar-refractivity contribution is 5.49. The zero-order valence-electron chi connectivity index (χ0n) is 17.4. The van der Waals surface area contributed by atoms with Gasteiger partial charge in [0.2, 0.25) is 6.34 Å². The van der Waals surface area contributed by atoms with Crippen LogP contribution in [0.4, 0.5) is 0 Å². The predicted octanol–water partition coefficient (Wildman–Crippen LogP) is 6.30. The molecule has 146 valence electrons. The van der Waals surface area contributed by atoms with E-state index in [-0.39, 0.29) is 0 Å². The van der Waals surface area contributed by atoms with Crippen molar-refractivity contribution in [2.45, 2.75) is 110 Å². The Bertz CT molecular complexity index is 359. The molecule has 1 heterocycles. The van der Waals surface area contributed by atoms with Crippen LogP contribution in [0.5, 0.6) is 0 Å². The maximum Gasteiger partial charge on any atom is 0.232 e. The normalized spacial score (nSPS) is 16.8. The molecule has 1 aliphatic heterocycles. The fraction of sp³-hybridized carbons (Fsp3) is 0.870. The second kappa shape index (κ2) is 15.5. The summed E-state index contributed by atoms with van der Waals surface area (Å²) in [6, 6.07) is 0.739. The highest BCUT2D eigenvalue weighted by Crippen LogP contribution is 2.19. The average molecular weight is 350 g/mol. The molecule has 0 aromatic rings. The fourth-order valence-electron chi connectivity index (χ4n) is 3.82. The van der Waals surface area contributed by atoms with Gasteiger partial charge in [0.05, 0.1) is 6.04 Å². The summed E-state index contributed by atoms with van der Waals surface area (Å²) in [6.07, 6.45) is 24.9. The van der Waals surface area contributed by atoms with E-state index in [2.05, 4.69) is 49.2 Å². The molecule has 0 saturated carbocycles. The topological polar surface area (TPSA) is 15.0 Å². The first-order valence-electron chi connectivity index (χ1n) is 11.3. The Hall–Kier alpha value is -0.790. The van der Waals surface area contributed by atoms with Gasteiger partial charge < -0.3 is 0 Å². The molecule has 0 bridgehead atoms. The van der Waals surface area contributed by atoms with Crippen LogP contribution in [0.3, 0.4) is 0 Å². The number of hydrogen-bond donors (Lipinski definition) is 1. The number of rotatable bonds is 16. The van der Waals surface area contributed by atoms with Crippen LogP contribution in [0.2, 0.25) is 0 Å². The summed E-state index contributed by atoms with van der Waals surface area (Å²) in [5.74, 6) is 0.799. The van der Waals surface area contributed by atoms with Gasteiger partial charge in [0.1, 0.15) is 13.1 Å². The first-order valence-corrected chi connectivity index (χ1v) is 11.3. The molecule has 1 N–H and O–H groups in total. The fourth-order valence-corrected chi connectivity index (χ4v) is 3.82. The molecule has 2 atom stereocenters. The lowest BCUT2D eigenvalue weighted by Gasteiger charge is -2.22. The molecular formula is C23H45N2+. The van der Waals surface area contributed by atoms with Crippen molar-refractivity contribution in [1.82, 2.24) is 5.32 Å². The van der Waals surface area contributed by atoms with Gasteiger partial charge in [0.25, 0.3) is 0 Å². The lowest BCUT2D eigenvalue weighted by molar-refractivity contribution is -0.562.